The third kappa shape index (κ3) is 5.16. The fourth-order valence-electron chi connectivity index (χ4n) is 4.29. The molecule has 0 fully saturated rings. The van der Waals surface area contributed by atoms with Crippen LogP contribution in [0.5, 0.6) is 0 Å². The van der Waals surface area contributed by atoms with E-state index in [1.165, 1.54) is 17.3 Å². The molecule has 6 heteroatoms. The Morgan fingerprint density at radius 1 is 1.25 bits per heavy atom. The summed E-state index contributed by atoms with van der Waals surface area (Å²) < 4.78 is 0. The van der Waals surface area contributed by atoms with Crippen LogP contribution in [0.4, 0.5) is 5.69 Å². The number of carbonyl (C=O) groups is 2. The van der Waals surface area contributed by atoms with Crippen LogP contribution in [0, 0.1) is 5.41 Å². The maximum Gasteiger partial charge on any atom is 0.262 e. The molecule has 0 bridgehead atoms. The van der Waals surface area contributed by atoms with E-state index in [-0.39, 0.29) is 29.2 Å². The van der Waals surface area contributed by atoms with Gasteiger partial charge in [0.25, 0.3) is 5.91 Å². The van der Waals surface area contributed by atoms with Gasteiger partial charge in [0.2, 0.25) is 5.91 Å². The van der Waals surface area contributed by atoms with E-state index in [1.807, 2.05) is 23.1 Å². The largest absolute Gasteiger partial charge is 0.360 e. The molecule has 2 aliphatic rings. The molecular formula is C22H31N3O2S. The quantitative estimate of drug-likeness (QED) is 0.823. The summed E-state index contributed by atoms with van der Waals surface area (Å²) in [6.07, 6.45) is 3.09. The number of nitrogens with one attached hydrogen (secondary N) is 1. The molecule has 1 N–H and O–H groups in total. The average molecular weight is 402 g/mol. The van der Waals surface area contributed by atoms with Crippen molar-refractivity contribution in [2.24, 2.45) is 10.4 Å². The van der Waals surface area contributed by atoms with Crippen LogP contribution in [-0.2, 0) is 16.0 Å². The van der Waals surface area contributed by atoms with Gasteiger partial charge >= 0.3 is 0 Å². The van der Waals surface area contributed by atoms with Crippen LogP contribution < -0.4 is 10.2 Å². The molecule has 152 valence electrons. The van der Waals surface area contributed by atoms with Gasteiger partial charge in [-0.3, -0.25) is 9.59 Å². The molecule has 0 spiro atoms. The second-order valence-corrected chi connectivity index (χ2v) is 10.8. The van der Waals surface area contributed by atoms with Gasteiger partial charge in [-0.2, -0.15) is 4.99 Å². The number of hydrogen-bond acceptors (Lipinski definition) is 4. The zero-order valence-corrected chi connectivity index (χ0v) is 18.4. The number of fused-ring (bicyclic) bond motifs is 1. The summed E-state index contributed by atoms with van der Waals surface area (Å²) in [5.74, 6) is -0.207. The van der Waals surface area contributed by atoms with E-state index in [4.69, 9.17) is 0 Å². The molecule has 1 aromatic rings. The van der Waals surface area contributed by atoms with Crippen molar-refractivity contribution in [1.82, 2.24) is 5.32 Å². The minimum atomic E-state index is -0.436. The number of benzene rings is 1. The first-order valence-corrected chi connectivity index (χ1v) is 10.9. The number of carbonyl (C=O) groups excluding carboxylic acids is 2. The lowest BCUT2D eigenvalue weighted by Gasteiger charge is -2.33. The van der Waals surface area contributed by atoms with Crippen LogP contribution in [0.2, 0.25) is 0 Å². The SMILES string of the molecule is CC(C)(C)CC(C)(C)NC1=NC(=O)C(CC(=O)N2CCCc3ccccc32)S1. The lowest BCUT2D eigenvalue weighted by Crippen LogP contribution is -2.44. The number of anilines is 1. The Balaban J connectivity index is 1.61. The van der Waals surface area contributed by atoms with Gasteiger partial charge in [-0.1, -0.05) is 50.7 Å². The third-order valence-electron chi connectivity index (χ3n) is 4.93. The smallest absolute Gasteiger partial charge is 0.262 e. The van der Waals surface area contributed by atoms with Gasteiger partial charge in [0, 0.05) is 24.2 Å². The van der Waals surface area contributed by atoms with Crippen molar-refractivity contribution in [2.45, 2.75) is 71.1 Å². The normalized spacial score (nSPS) is 20.0. The molecular weight excluding hydrogens is 370 g/mol. The number of aryl methyl sites for hydroxylation is 1. The second kappa shape index (κ2) is 7.90. The molecule has 2 aliphatic heterocycles. The van der Waals surface area contributed by atoms with Crippen LogP contribution in [0.15, 0.2) is 29.3 Å². The molecule has 0 saturated carbocycles. The van der Waals surface area contributed by atoms with Crippen LogP contribution >= 0.6 is 11.8 Å². The number of nitrogens with zero attached hydrogens (tertiary/aromatic N) is 2. The van der Waals surface area contributed by atoms with E-state index in [1.54, 1.807) is 0 Å². The highest BCUT2D eigenvalue weighted by Crippen LogP contribution is 2.32. The number of amides is 2. The average Bonchev–Trinajstić information content (AvgIpc) is 2.90. The zero-order valence-electron chi connectivity index (χ0n) is 17.5. The van der Waals surface area contributed by atoms with Gasteiger partial charge in [0.1, 0.15) is 5.25 Å². The maximum atomic E-state index is 12.9. The van der Waals surface area contributed by atoms with E-state index < -0.39 is 5.25 Å². The topological polar surface area (TPSA) is 61.8 Å². The first kappa shape index (κ1) is 20.9. The predicted molar refractivity (Wildman–Crippen MR) is 117 cm³/mol. The summed E-state index contributed by atoms with van der Waals surface area (Å²) in [4.78, 5) is 31.4. The van der Waals surface area contributed by atoms with Gasteiger partial charge in [0.05, 0.1) is 0 Å². The minimum Gasteiger partial charge on any atom is -0.360 e. The van der Waals surface area contributed by atoms with Crippen LogP contribution in [0.25, 0.3) is 0 Å². The standard InChI is InChI=1S/C22H31N3O2S/c1-21(2,3)14-22(4,5)24-20-23-19(27)17(28-20)13-18(26)25-12-8-10-15-9-6-7-11-16(15)25/h6-7,9,11,17H,8,10,12-14H2,1-5H3,(H,23,24,27). The summed E-state index contributed by atoms with van der Waals surface area (Å²) in [7, 11) is 0. The van der Waals surface area contributed by atoms with E-state index in [0.29, 0.717) is 11.7 Å². The highest BCUT2D eigenvalue weighted by atomic mass is 32.2. The Bertz CT molecular complexity index is 795. The Kier molecular flexibility index (Phi) is 5.89. The van der Waals surface area contributed by atoms with E-state index >= 15 is 0 Å². The highest BCUT2D eigenvalue weighted by Gasteiger charge is 2.35. The fourth-order valence-corrected chi connectivity index (χ4v) is 5.42. The molecule has 0 aliphatic carbocycles. The molecule has 3 rings (SSSR count). The van der Waals surface area contributed by atoms with Crippen molar-refractivity contribution in [3.05, 3.63) is 29.8 Å². The second-order valence-electron chi connectivity index (χ2n) is 9.59. The van der Waals surface area contributed by atoms with Crippen molar-refractivity contribution < 1.29 is 9.59 Å². The number of thioether (sulfide) groups is 1. The molecule has 1 unspecified atom stereocenters. The Hall–Kier alpha value is -1.82. The number of para-hydroxylation sites is 1. The monoisotopic (exact) mass is 401 g/mol. The van der Waals surface area contributed by atoms with Crippen molar-refractivity contribution in [1.29, 1.82) is 0 Å². The summed E-state index contributed by atoms with van der Waals surface area (Å²) >= 11 is 1.39. The number of hydrogen-bond donors (Lipinski definition) is 1. The van der Waals surface area contributed by atoms with Gasteiger partial charge in [-0.05, 0) is 50.2 Å². The summed E-state index contributed by atoms with van der Waals surface area (Å²) in [6, 6.07) is 8.04. The zero-order chi connectivity index (χ0) is 20.5. The van der Waals surface area contributed by atoms with Crippen molar-refractivity contribution in [2.75, 3.05) is 11.4 Å². The van der Waals surface area contributed by atoms with Gasteiger partial charge < -0.3 is 10.2 Å². The van der Waals surface area contributed by atoms with E-state index in [9.17, 15) is 9.59 Å². The van der Waals surface area contributed by atoms with Gasteiger partial charge in [-0.15, -0.1) is 0 Å². The molecule has 2 amide bonds. The van der Waals surface area contributed by atoms with Gasteiger partial charge in [0.15, 0.2) is 5.17 Å². The molecule has 0 saturated heterocycles. The maximum absolute atomic E-state index is 12.9. The molecule has 2 heterocycles. The first-order valence-electron chi connectivity index (χ1n) is 10.00. The van der Waals surface area contributed by atoms with Crippen molar-refractivity contribution >= 4 is 34.4 Å². The van der Waals surface area contributed by atoms with Crippen LogP contribution in [-0.4, -0.2) is 34.3 Å². The van der Waals surface area contributed by atoms with E-state index in [2.05, 4.69) is 51.0 Å². The first-order chi connectivity index (χ1) is 13.0. The Morgan fingerprint density at radius 3 is 2.68 bits per heavy atom. The number of aliphatic imine (C=N–C) groups is 1. The van der Waals surface area contributed by atoms with Crippen molar-refractivity contribution in [3.63, 3.8) is 0 Å². The molecule has 0 radical (unpaired) electrons. The lowest BCUT2D eigenvalue weighted by atomic mass is 9.82. The summed E-state index contributed by atoms with van der Waals surface area (Å²) in [5.41, 5.74) is 2.19. The van der Waals surface area contributed by atoms with Crippen LogP contribution in [0.1, 0.15) is 59.4 Å². The molecule has 1 atom stereocenters. The third-order valence-corrected chi connectivity index (χ3v) is 6.00. The lowest BCUT2D eigenvalue weighted by molar-refractivity contribution is -0.122. The fraction of sp³-hybridized carbons (Fsp3) is 0.591. The Labute approximate surface area is 172 Å². The number of amidine groups is 1. The minimum absolute atomic E-state index is 0.00315. The Morgan fingerprint density at radius 2 is 1.96 bits per heavy atom. The molecule has 1 aromatic carbocycles. The summed E-state index contributed by atoms with van der Waals surface area (Å²) in [5, 5.41) is 3.61. The van der Waals surface area contributed by atoms with Crippen molar-refractivity contribution in [3.8, 4) is 0 Å². The van der Waals surface area contributed by atoms with E-state index in [0.717, 1.165) is 24.9 Å². The van der Waals surface area contributed by atoms with Gasteiger partial charge in [-0.25, -0.2) is 0 Å². The molecule has 28 heavy (non-hydrogen) atoms. The molecule has 0 aromatic heterocycles. The summed E-state index contributed by atoms with van der Waals surface area (Å²) in [6.45, 7) is 11.5. The number of rotatable bonds is 4. The predicted octanol–water partition coefficient (Wildman–Crippen LogP) is 4.16. The molecule has 5 nitrogen and oxygen atoms in total. The highest BCUT2D eigenvalue weighted by molar-refractivity contribution is 8.15. The van der Waals surface area contributed by atoms with Crippen LogP contribution in [0.3, 0.4) is 0 Å².